The minimum absolute atomic E-state index is 0.406. The highest BCUT2D eigenvalue weighted by Crippen LogP contribution is 2.35. The Hall–Kier alpha value is -0.580. The molecular formula is C15H20BrNO2. The first-order valence-electron chi connectivity index (χ1n) is 7.02. The van der Waals surface area contributed by atoms with Crippen LogP contribution in [0.3, 0.4) is 0 Å². The molecule has 3 rings (SSSR count). The topological polar surface area (TPSA) is 32.7 Å². The summed E-state index contributed by atoms with van der Waals surface area (Å²) in [4.78, 5) is 2.47. The predicted octanol–water partition coefficient (Wildman–Crippen LogP) is 3.26. The van der Waals surface area contributed by atoms with Crippen LogP contribution < -0.4 is 4.90 Å². The van der Waals surface area contributed by atoms with Gasteiger partial charge in [-0.1, -0.05) is 22.0 Å². The van der Waals surface area contributed by atoms with Crippen LogP contribution in [0.25, 0.3) is 0 Å². The van der Waals surface area contributed by atoms with Crippen molar-refractivity contribution in [2.75, 3.05) is 18.1 Å². The largest absolute Gasteiger partial charge is 0.389 e. The normalized spacial score (nSPS) is 28.3. The van der Waals surface area contributed by atoms with Gasteiger partial charge < -0.3 is 14.7 Å². The van der Waals surface area contributed by atoms with Crippen molar-refractivity contribution >= 4 is 21.6 Å². The number of ether oxygens (including phenoxy) is 1. The van der Waals surface area contributed by atoms with Gasteiger partial charge >= 0.3 is 0 Å². The molecule has 2 unspecified atom stereocenters. The van der Waals surface area contributed by atoms with Gasteiger partial charge in [0.25, 0.3) is 0 Å². The molecule has 1 heterocycles. The highest BCUT2D eigenvalue weighted by atomic mass is 79.9. The Bertz CT molecular complexity index is 463. The molecule has 0 amide bonds. The quantitative estimate of drug-likeness (QED) is 0.905. The lowest BCUT2D eigenvalue weighted by molar-refractivity contribution is 0.0256. The van der Waals surface area contributed by atoms with Gasteiger partial charge in [0, 0.05) is 16.7 Å². The molecule has 1 aliphatic carbocycles. The van der Waals surface area contributed by atoms with Crippen LogP contribution in [0.4, 0.5) is 5.69 Å². The number of hydrogen-bond acceptors (Lipinski definition) is 3. The zero-order chi connectivity index (χ0) is 13.4. The number of aliphatic hydroxyl groups is 1. The van der Waals surface area contributed by atoms with Crippen molar-refractivity contribution < 1.29 is 9.84 Å². The second-order valence-corrected chi connectivity index (χ2v) is 6.34. The molecule has 3 nitrogen and oxygen atoms in total. The molecule has 1 saturated carbocycles. The van der Waals surface area contributed by atoms with Crippen molar-refractivity contribution in [1.29, 1.82) is 0 Å². The third kappa shape index (κ3) is 2.54. The van der Waals surface area contributed by atoms with E-state index < -0.39 is 6.10 Å². The third-order valence-corrected chi connectivity index (χ3v) is 4.93. The van der Waals surface area contributed by atoms with Gasteiger partial charge in [-0.05, 0) is 43.9 Å². The number of hydrogen-bond donors (Lipinski definition) is 1. The molecule has 2 fully saturated rings. The standard InChI is InChI=1S/C15H20BrNO2/c1-10(18)12-6-5-11(9-13(12)16)17-7-8-19-15-4-2-3-14(15)17/h5-6,9-10,14-15,18H,2-4,7-8H2,1H3/t10-,14?,15?/m0/s1. The van der Waals surface area contributed by atoms with Gasteiger partial charge in [-0.3, -0.25) is 0 Å². The Morgan fingerprint density at radius 1 is 1.42 bits per heavy atom. The molecular weight excluding hydrogens is 306 g/mol. The average molecular weight is 326 g/mol. The monoisotopic (exact) mass is 325 g/mol. The summed E-state index contributed by atoms with van der Waals surface area (Å²) in [7, 11) is 0. The number of halogens is 1. The lowest BCUT2D eigenvalue weighted by atomic mass is 10.1. The van der Waals surface area contributed by atoms with Crippen LogP contribution in [-0.4, -0.2) is 30.4 Å². The minimum Gasteiger partial charge on any atom is -0.389 e. The fraction of sp³-hybridized carbons (Fsp3) is 0.600. The van der Waals surface area contributed by atoms with Crippen LogP contribution in [0.15, 0.2) is 22.7 Å². The molecule has 0 bridgehead atoms. The van der Waals surface area contributed by atoms with Gasteiger partial charge in [-0.15, -0.1) is 0 Å². The maximum atomic E-state index is 9.69. The first-order chi connectivity index (χ1) is 9.16. The molecule has 1 aliphatic heterocycles. The second-order valence-electron chi connectivity index (χ2n) is 5.48. The second kappa shape index (κ2) is 5.43. The number of morpholine rings is 1. The molecule has 0 aromatic heterocycles. The summed E-state index contributed by atoms with van der Waals surface area (Å²) >= 11 is 3.57. The van der Waals surface area contributed by atoms with E-state index >= 15 is 0 Å². The zero-order valence-electron chi connectivity index (χ0n) is 11.2. The predicted molar refractivity (Wildman–Crippen MR) is 79.5 cm³/mol. The summed E-state index contributed by atoms with van der Waals surface area (Å²) in [6.45, 7) is 3.57. The summed E-state index contributed by atoms with van der Waals surface area (Å²) in [6, 6.07) is 6.79. The minimum atomic E-state index is -0.438. The Morgan fingerprint density at radius 2 is 2.26 bits per heavy atom. The highest BCUT2D eigenvalue weighted by molar-refractivity contribution is 9.10. The first kappa shape index (κ1) is 13.4. The molecule has 0 spiro atoms. The summed E-state index contributed by atoms with van der Waals surface area (Å²) < 4.78 is 6.84. The van der Waals surface area contributed by atoms with Crippen LogP contribution in [0.1, 0.15) is 37.9 Å². The molecule has 1 N–H and O–H groups in total. The summed E-state index contributed by atoms with van der Waals surface area (Å²) in [5.41, 5.74) is 2.18. The van der Waals surface area contributed by atoms with Crippen LogP contribution >= 0.6 is 15.9 Å². The number of nitrogens with zero attached hydrogens (tertiary/aromatic N) is 1. The molecule has 1 aromatic carbocycles. The van der Waals surface area contributed by atoms with E-state index in [-0.39, 0.29) is 0 Å². The van der Waals surface area contributed by atoms with Gasteiger partial charge in [0.1, 0.15) is 0 Å². The summed E-state index contributed by atoms with van der Waals surface area (Å²) in [6.07, 6.45) is 3.64. The van der Waals surface area contributed by atoms with E-state index in [1.165, 1.54) is 24.9 Å². The molecule has 4 heteroatoms. The SMILES string of the molecule is C[C@H](O)c1ccc(N2CCOC3CCCC32)cc1Br. The maximum Gasteiger partial charge on any atom is 0.0779 e. The van der Waals surface area contributed by atoms with E-state index in [0.717, 1.165) is 23.2 Å². The molecule has 1 saturated heterocycles. The van der Waals surface area contributed by atoms with Crippen molar-refractivity contribution in [3.8, 4) is 0 Å². The Labute approximate surface area is 122 Å². The number of aliphatic hydroxyl groups excluding tert-OH is 1. The fourth-order valence-corrected chi connectivity index (χ4v) is 3.98. The van der Waals surface area contributed by atoms with Gasteiger partial charge in [-0.25, -0.2) is 0 Å². The van der Waals surface area contributed by atoms with Crippen molar-refractivity contribution in [3.63, 3.8) is 0 Å². The molecule has 1 aromatic rings. The van der Waals surface area contributed by atoms with Crippen LogP contribution in [-0.2, 0) is 4.74 Å². The third-order valence-electron chi connectivity index (χ3n) is 4.25. The molecule has 19 heavy (non-hydrogen) atoms. The van der Waals surface area contributed by atoms with Gasteiger partial charge in [0.15, 0.2) is 0 Å². The van der Waals surface area contributed by atoms with E-state index in [0.29, 0.717) is 12.1 Å². The summed E-state index contributed by atoms with van der Waals surface area (Å²) in [5, 5.41) is 9.69. The number of rotatable bonds is 2. The Kier molecular flexibility index (Phi) is 3.83. The molecule has 0 radical (unpaired) electrons. The Morgan fingerprint density at radius 3 is 3.00 bits per heavy atom. The molecule has 2 aliphatic rings. The van der Waals surface area contributed by atoms with E-state index in [4.69, 9.17) is 4.74 Å². The number of fused-ring (bicyclic) bond motifs is 1. The van der Waals surface area contributed by atoms with Crippen molar-refractivity contribution in [3.05, 3.63) is 28.2 Å². The summed E-state index contributed by atoms with van der Waals surface area (Å²) in [5.74, 6) is 0. The van der Waals surface area contributed by atoms with Crippen molar-refractivity contribution in [2.45, 2.75) is 44.4 Å². The van der Waals surface area contributed by atoms with Gasteiger partial charge in [0.05, 0.1) is 24.9 Å². The highest BCUT2D eigenvalue weighted by Gasteiger charge is 2.36. The average Bonchev–Trinajstić information content (AvgIpc) is 2.86. The molecule has 104 valence electrons. The van der Waals surface area contributed by atoms with E-state index in [1.807, 2.05) is 6.07 Å². The number of anilines is 1. The van der Waals surface area contributed by atoms with Crippen molar-refractivity contribution in [1.82, 2.24) is 0 Å². The van der Waals surface area contributed by atoms with E-state index in [2.05, 4.69) is 33.0 Å². The zero-order valence-corrected chi connectivity index (χ0v) is 12.8. The van der Waals surface area contributed by atoms with Crippen LogP contribution in [0.5, 0.6) is 0 Å². The van der Waals surface area contributed by atoms with E-state index in [1.54, 1.807) is 6.92 Å². The smallest absolute Gasteiger partial charge is 0.0779 e. The van der Waals surface area contributed by atoms with Gasteiger partial charge in [0.2, 0.25) is 0 Å². The number of benzene rings is 1. The van der Waals surface area contributed by atoms with E-state index in [9.17, 15) is 5.11 Å². The lowest BCUT2D eigenvalue weighted by Crippen LogP contribution is -2.48. The van der Waals surface area contributed by atoms with Gasteiger partial charge in [-0.2, -0.15) is 0 Å². The molecule has 3 atom stereocenters. The lowest BCUT2D eigenvalue weighted by Gasteiger charge is -2.39. The van der Waals surface area contributed by atoms with Crippen LogP contribution in [0.2, 0.25) is 0 Å². The van der Waals surface area contributed by atoms with Crippen molar-refractivity contribution in [2.24, 2.45) is 0 Å². The first-order valence-corrected chi connectivity index (χ1v) is 7.82. The maximum absolute atomic E-state index is 9.69. The van der Waals surface area contributed by atoms with Crippen LogP contribution in [0, 0.1) is 0 Å². The Balaban J connectivity index is 1.87. The fourth-order valence-electron chi connectivity index (χ4n) is 3.28.